The fourth-order valence-corrected chi connectivity index (χ4v) is 2.57. The summed E-state index contributed by atoms with van der Waals surface area (Å²) in [5.74, 6) is -0.102. The van der Waals surface area contributed by atoms with E-state index in [4.69, 9.17) is 5.73 Å². The molecule has 1 unspecified atom stereocenters. The Bertz CT molecular complexity index is 605. The third-order valence-corrected chi connectivity index (χ3v) is 3.48. The second kappa shape index (κ2) is 6.74. The Kier molecular flexibility index (Phi) is 4.98. The zero-order valence-corrected chi connectivity index (χ0v) is 12.9. The van der Waals surface area contributed by atoms with Crippen LogP contribution in [0.2, 0.25) is 0 Å². The molecule has 0 aliphatic rings. The largest absolute Gasteiger partial charge is 0.361 e. The number of nitrogens with one attached hydrogen (secondary N) is 2. The van der Waals surface area contributed by atoms with Gasteiger partial charge in [-0.2, -0.15) is 0 Å². The maximum Gasteiger partial charge on any atom is 0.237 e. The van der Waals surface area contributed by atoms with Gasteiger partial charge in [0, 0.05) is 29.7 Å². The van der Waals surface area contributed by atoms with E-state index >= 15 is 0 Å². The van der Waals surface area contributed by atoms with Crippen LogP contribution in [0, 0.1) is 0 Å². The Balaban J connectivity index is 1.97. The highest BCUT2D eigenvalue weighted by atomic mass is 16.2. The number of carbonyl (C=O) groups excluding carboxylic acids is 1. The maximum absolute atomic E-state index is 12.1. The predicted molar refractivity (Wildman–Crippen MR) is 86.1 cm³/mol. The van der Waals surface area contributed by atoms with Crippen LogP contribution in [0.3, 0.4) is 0 Å². The van der Waals surface area contributed by atoms with Gasteiger partial charge in [-0.05, 0) is 39.1 Å². The molecule has 1 aromatic heterocycles. The van der Waals surface area contributed by atoms with Gasteiger partial charge in [0.2, 0.25) is 5.91 Å². The lowest BCUT2D eigenvalue weighted by atomic mass is 10.0. The number of likely N-dealkylation sites (N-methyl/N-ethyl adjacent to an activating group) is 1. The summed E-state index contributed by atoms with van der Waals surface area (Å²) in [5, 5.41) is 4.08. The maximum atomic E-state index is 12.1. The van der Waals surface area contributed by atoms with Gasteiger partial charge in [0.25, 0.3) is 0 Å². The lowest BCUT2D eigenvalue weighted by Gasteiger charge is -2.20. The number of fused-ring (bicyclic) bond motifs is 1. The molecule has 114 valence electrons. The minimum atomic E-state index is -0.534. The highest BCUT2D eigenvalue weighted by molar-refractivity contribution is 5.86. The van der Waals surface area contributed by atoms with Crippen molar-refractivity contribution in [3.63, 3.8) is 0 Å². The van der Waals surface area contributed by atoms with Crippen molar-refractivity contribution in [2.24, 2.45) is 5.73 Å². The van der Waals surface area contributed by atoms with Crippen LogP contribution < -0.4 is 11.1 Å². The topological polar surface area (TPSA) is 74.2 Å². The average molecular weight is 288 g/mol. The summed E-state index contributed by atoms with van der Waals surface area (Å²) in [6.07, 6.45) is 2.46. The summed E-state index contributed by atoms with van der Waals surface area (Å²) >= 11 is 0. The Hall–Kier alpha value is -1.85. The second-order valence-corrected chi connectivity index (χ2v) is 5.84. The normalized spacial score (nSPS) is 14.3. The molecule has 0 spiro atoms. The first kappa shape index (κ1) is 15.5. The van der Waals surface area contributed by atoms with Crippen LogP contribution >= 0.6 is 0 Å². The first-order valence-electron chi connectivity index (χ1n) is 7.23. The van der Waals surface area contributed by atoms with Crippen molar-refractivity contribution in [3.8, 4) is 0 Å². The van der Waals surface area contributed by atoms with Crippen molar-refractivity contribution >= 4 is 16.8 Å². The zero-order valence-electron chi connectivity index (χ0n) is 12.9. The van der Waals surface area contributed by atoms with E-state index in [1.807, 2.05) is 56.4 Å². The quantitative estimate of drug-likeness (QED) is 0.745. The van der Waals surface area contributed by atoms with Gasteiger partial charge in [-0.3, -0.25) is 4.79 Å². The number of para-hydroxylation sites is 1. The van der Waals surface area contributed by atoms with Crippen LogP contribution in [0.5, 0.6) is 0 Å². The average Bonchev–Trinajstić information content (AvgIpc) is 2.81. The van der Waals surface area contributed by atoms with E-state index in [9.17, 15) is 4.79 Å². The molecule has 1 heterocycles. The third kappa shape index (κ3) is 4.06. The molecule has 2 rings (SSSR count). The van der Waals surface area contributed by atoms with Gasteiger partial charge in [-0.1, -0.05) is 18.2 Å². The monoisotopic (exact) mass is 288 g/mol. The molecule has 2 atom stereocenters. The molecule has 5 heteroatoms. The summed E-state index contributed by atoms with van der Waals surface area (Å²) in [6, 6.07) is 7.59. The highest BCUT2D eigenvalue weighted by Gasteiger charge is 2.18. The molecule has 5 nitrogen and oxygen atoms in total. The number of hydrogen-bond donors (Lipinski definition) is 3. The lowest BCUT2D eigenvalue weighted by Crippen LogP contribution is -2.48. The van der Waals surface area contributed by atoms with Crippen molar-refractivity contribution < 1.29 is 4.79 Å². The number of aromatic nitrogens is 1. The van der Waals surface area contributed by atoms with Gasteiger partial charge < -0.3 is 20.9 Å². The van der Waals surface area contributed by atoms with Gasteiger partial charge in [0.15, 0.2) is 0 Å². The lowest BCUT2D eigenvalue weighted by molar-refractivity contribution is -0.123. The Morgan fingerprint density at radius 2 is 2.10 bits per heavy atom. The number of hydrogen-bond acceptors (Lipinski definition) is 3. The fourth-order valence-electron chi connectivity index (χ4n) is 2.57. The molecule has 0 aliphatic heterocycles. The van der Waals surface area contributed by atoms with Crippen molar-refractivity contribution in [1.29, 1.82) is 0 Å². The summed E-state index contributed by atoms with van der Waals surface area (Å²) in [5.41, 5.74) is 8.19. The van der Waals surface area contributed by atoms with Gasteiger partial charge in [-0.25, -0.2) is 0 Å². The second-order valence-electron chi connectivity index (χ2n) is 5.84. The van der Waals surface area contributed by atoms with E-state index in [-0.39, 0.29) is 11.9 Å². The van der Waals surface area contributed by atoms with Crippen molar-refractivity contribution in [3.05, 3.63) is 36.0 Å². The molecular formula is C16H24N4O. The highest BCUT2D eigenvalue weighted by Crippen LogP contribution is 2.18. The van der Waals surface area contributed by atoms with Crippen LogP contribution in [0.15, 0.2) is 30.5 Å². The molecule has 4 N–H and O–H groups in total. The first-order chi connectivity index (χ1) is 9.97. The SMILES string of the molecule is CC(CN(C)C)NC(=O)[C@@H](N)Cc1c[nH]c2ccccc12. The Morgan fingerprint density at radius 3 is 2.81 bits per heavy atom. The standard InChI is InChI=1S/C16H24N4O/c1-11(10-20(2)3)19-16(21)14(17)8-12-9-18-15-7-5-4-6-13(12)15/h4-7,9,11,14,18H,8,10,17H2,1-3H3,(H,19,21)/t11?,14-/m0/s1. The molecule has 2 aromatic rings. The van der Waals surface area contributed by atoms with Crippen molar-refractivity contribution in [1.82, 2.24) is 15.2 Å². The summed E-state index contributed by atoms with van der Waals surface area (Å²) < 4.78 is 0. The van der Waals surface area contributed by atoms with E-state index in [1.54, 1.807) is 0 Å². The molecule has 0 radical (unpaired) electrons. The number of benzene rings is 1. The number of nitrogens with zero attached hydrogens (tertiary/aromatic N) is 1. The van der Waals surface area contributed by atoms with Crippen LogP contribution in [-0.2, 0) is 11.2 Å². The molecule has 0 bridgehead atoms. The summed E-state index contributed by atoms with van der Waals surface area (Å²) in [7, 11) is 3.96. The summed E-state index contributed by atoms with van der Waals surface area (Å²) in [6.45, 7) is 2.78. The number of carbonyl (C=O) groups is 1. The van der Waals surface area contributed by atoms with Gasteiger partial charge in [0.1, 0.15) is 0 Å². The Labute approximate surface area is 125 Å². The molecule has 1 aromatic carbocycles. The zero-order chi connectivity index (χ0) is 15.4. The third-order valence-electron chi connectivity index (χ3n) is 3.48. The van der Waals surface area contributed by atoms with Gasteiger partial charge in [-0.15, -0.1) is 0 Å². The van der Waals surface area contributed by atoms with Crippen molar-refractivity contribution in [2.45, 2.75) is 25.4 Å². The number of aromatic amines is 1. The fraction of sp³-hybridized carbons (Fsp3) is 0.438. The number of nitrogens with two attached hydrogens (primary N) is 1. The molecule has 0 aliphatic carbocycles. The molecule has 0 fully saturated rings. The molecule has 1 amide bonds. The van der Waals surface area contributed by atoms with E-state index in [0.29, 0.717) is 6.42 Å². The van der Waals surface area contributed by atoms with Crippen molar-refractivity contribution in [2.75, 3.05) is 20.6 Å². The van der Waals surface area contributed by atoms with Gasteiger partial charge >= 0.3 is 0 Å². The molecule has 0 saturated carbocycles. The molecular weight excluding hydrogens is 264 g/mol. The van der Waals surface area contributed by atoms with Gasteiger partial charge in [0.05, 0.1) is 6.04 Å². The molecule has 21 heavy (non-hydrogen) atoms. The molecule has 0 saturated heterocycles. The predicted octanol–water partition coefficient (Wildman–Crippen LogP) is 1.10. The van der Waals surface area contributed by atoms with Crippen LogP contribution in [0.25, 0.3) is 10.9 Å². The van der Waals surface area contributed by atoms with E-state index in [1.165, 1.54) is 0 Å². The number of H-pyrrole nitrogens is 1. The van der Waals surface area contributed by atoms with Crippen LogP contribution in [-0.4, -0.2) is 48.5 Å². The van der Waals surface area contributed by atoms with E-state index < -0.39 is 6.04 Å². The Morgan fingerprint density at radius 1 is 1.38 bits per heavy atom. The first-order valence-corrected chi connectivity index (χ1v) is 7.23. The number of rotatable bonds is 6. The minimum absolute atomic E-state index is 0.0847. The van der Waals surface area contributed by atoms with E-state index in [2.05, 4.69) is 10.3 Å². The van der Waals surface area contributed by atoms with E-state index in [0.717, 1.165) is 23.0 Å². The minimum Gasteiger partial charge on any atom is -0.361 e. The van der Waals surface area contributed by atoms with Crippen LogP contribution in [0.4, 0.5) is 0 Å². The van der Waals surface area contributed by atoms with Crippen LogP contribution in [0.1, 0.15) is 12.5 Å². The smallest absolute Gasteiger partial charge is 0.237 e. The summed E-state index contributed by atoms with van der Waals surface area (Å²) in [4.78, 5) is 17.4. The number of amides is 1.